The number of hydrogen-bond donors (Lipinski definition) is 1. The van der Waals surface area contributed by atoms with Gasteiger partial charge in [-0.25, -0.2) is 9.37 Å². The zero-order valence-electron chi connectivity index (χ0n) is 17.4. The fraction of sp³-hybridized carbons (Fsp3) is 0.409. The van der Waals surface area contributed by atoms with Crippen molar-refractivity contribution in [2.75, 3.05) is 11.9 Å². The highest BCUT2D eigenvalue weighted by molar-refractivity contribution is 7.22. The van der Waals surface area contributed by atoms with E-state index in [1.165, 1.54) is 31.7 Å². The minimum Gasteiger partial charge on any atom is -0.348 e. The van der Waals surface area contributed by atoms with E-state index in [0.717, 1.165) is 32.0 Å². The Hall–Kier alpha value is -2.29. The maximum Gasteiger partial charge on any atom is 0.186 e. The molecule has 2 atom stereocenters. The molecule has 5 heterocycles. The zero-order valence-corrected chi connectivity index (χ0v) is 19.0. The fourth-order valence-corrected chi connectivity index (χ4v) is 6.00. The predicted molar refractivity (Wildman–Crippen MR) is 126 cm³/mol. The van der Waals surface area contributed by atoms with E-state index in [1.54, 1.807) is 29.3 Å². The number of aromatic nitrogens is 4. The van der Waals surface area contributed by atoms with Crippen LogP contribution in [0.3, 0.4) is 0 Å². The summed E-state index contributed by atoms with van der Waals surface area (Å²) in [6, 6.07) is 7.31. The third kappa shape index (κ3) is 3.56. The summed E-state index contributed by atoms with van der Waals surface area (Å²) in [6.45, 7) is 0. The molecule has 2 aliphatic rings. The number of nitrogens with zero attached hydrogens (tertiary/aromatic N) is 5. The molecule has 0 amide bonds. The molecule has 2 fully saturated rings. The van der Waals surface area contributed by atoms with Gasteiger partial charge in [0.15, 0.2) is 10.9 Å². The number of thiazole rings is 1. The van der Waals surface area contributed by atoms with Gasteiger partial charge in [0.2, 0.25) is 0 Å². The summed E-state index contributed by atoms with van der Waals surface area (Å²) >= 11 is 1.69. The molecule has 0 aliphatic carbocycles. The van der Waals surface area contributed by atoms with Crippen LogP contribution in [0.15, 0.2) is 30.6 Å². The number of piperidine rings is 1. The van der Waals surface area contributed by atoms with Crippen LogP contribution in [0.4, 0.5) is 9.52 Å². The lowest BCUT2D eigenvalue weighted by atomic mass is 9.99. The van der Waals surface area contributed by atoms with Gasteiger partial charge in [-0.3, -0.25) is 9.67 Å². The minimum absolute atomic E-state index is 0. The molecule has 1 N–H and O–H groups in total. The van der Waals surface area contributed by atoms with Gasteiger partial charge in [0, 0.05) is 49.4 Å². The average molecular weight is 459 g/mol. The van der Waals surface area contributed by atoms with Crippen molar-refractivity contribution in [3.05, 3.63) is 36.4 Å². The van der Waals surface area contributed by atoms with Gasteiger partial charge < -0.3 is 10.2 Å². The smallest absolute Gasteiger partial charge is 0.186 e. The van der Waals surface area contributed by atoms with Crippen molar-refractivity contribution in [1.82, 2.24) is 25.1 Å². The first-order valence-corrected chi connectivity index (χ1v) is 11.2. The Labute approximate surface area is 189 Å². The Morgan fingerprint density at radius 1 is 1.19 bits per heavy atom. The fourth-order valence-electron chi connectivity index (χ4n) is 4.99. The van der Waals surface area contributed by atoms with Crippen LogP contribution in [0.25, 0.3) is 32.4 Å². The summed E-state index contributed by atoms with van der Waals surface area (Å²) < 4.78 is 17.2. The van der Waals surface area contributed by atoms with Crippen LogP contribution in [0, 0.1) is 5.82 Å². The molecule has 2 unspecified atom stereocenters. The van der Waals surface area contributed by atoms with Gasteiger partial charge in [-0.2, -0.15) is 5.10 Å². The molecule has 0 radical (unpaired) electrons. The molecule has 3 aromatic heterocycles. The molecule has 1 aromatic carbocycles. The second-order valence-corrected chi connectivity index (χ2v) is 9.62. The van der Waals surface area contributed by atoms with E-state index in [0.29, 0.717) is 23.6 Å². The SMILES string of the molecule is CN(c1nc2cnc(-c3cc(F)c4nn(C)cc4c3)cc2s1)C1CC2CCC(C1)N2.Cl. The number of halogens is 2. The van der Waals surface area contributed by atoms with Crippen LogP contribution < -0.4 is 10.2 Å². The monoisotopic (exact) mass is 458 g/mol. The quantitative estimate of drug-likeness (QED) is 0.489. The molecule has 31 heavy (non-hydrogen) atoms. The summed E-state index contributed by atoms with van der Waals surface area (Å²) in [6.07, 6.45) is 8.57. The van der Waals surface area contributed by atoms with Crippen LogP contribution in [0.1, 0.15) is 25.7 Å². The van der Waals surface area contributed by atoms with Crippen LogP contribution in [0.5, 0.6) is 0 Å². The van der Waals surface area contributed by atoms with Crippen molar-refractivity contribution in [3.8, 4) is 11.3 Å². The van der Waals surface area contributed by atoms with Gasteiger partial charge in [0.05, 0.1) is 16.6 Å². The third-order valence-corrected chi connectivity index (χ3v) is 7.64. The number of fused-ring (bicyclic) bond motifs is 4. The Bertz CT molecular complexity index is 1260. The molecule has 2 bridgehead atoms. The van der Waals surface area contributed by atoms with Crippen LogP contribution in [-0.2, 0) is 7.05 Å². The number of pyridine rings is 1. The highest BCUT2D eigenvalue weighted by atomic mass is 35.5. The van der Waals surface area contributed by atoms with Crippen LogP contribution >= 0.6 is 23.7 Å². The predicted octanol–water partition coefficient (Wildman–Crippen LogP) is 4.53. The van der Waals surface area contributed by atoms with Gasteiger partial charge in [-0.1, -0.05) is 11.3 Å². The van der Waals surface area contributed by atoms with Gasteiger partial charge in [-0.15, -0.1) is 12.4 Å². The first-order valence-electron chi connectivity index (χ1n) is 10.4. The van der Waals surface area contributed by atoms with Crippen LogP contribution in [-0.4, -0.2) is 44.9 Å². The maximum atomic E-state index is 14.5. The lowest BCUT2D eigenvalue weighted by Crippen LogP contribution is -2.47. The highest BCUT2D eigenvalue weighted by Crippen LogP contribution is 2.36. The summed E-state index contributed by atoms with van der Waals surface area (Å²) in [5, 5.41) is 9.70. The lowest BCUT2D eigenvalue weighted by Gasteiger charge is -2.35. The van der Waals surface area contributed by atoms with E-state index in [2.05, 4.69) is 27.3 Å². The topological polar surface area (TPSA) is 58.9 Å². The van der Waals surface area contributed by atoms with E-state index >= 15 is 0 Å². The standard InChI is InChI=1S/C22H23FN6S.ClH/c1-28-11-13-5-12(6-17(23)21(13)27-28)18-9-20-19(10-24-18)26-22(30-20)29(2)16-7-14-3-4-15(8-16)25-14;/h5-6,9-11,14-16,25H,3-4,7-8H2,1-2H3;1H. The molecule has 2 aliphatic heterocycles. The normalized spacial score (nSPS) is 22.7. The summed E-state index contributed by atoms with van der Waals surface area (Å²) in [4.78, 5) is 11.8. The summed E-state index contributed by atoms with van der Waals surface area (Å²) in [5.74, 6) is -0.324. The summed E-state index contributed by atoms with van der Waals surface area (Å²) in [7, 11) is 3.96. The van der Waals surface area contributed by atoms with E-state index < -0.39 is 0 Å². The second kappa shape index (κ2) is 7.69. The molecule has 6 rings (SSSR count). The van der Waals surface area contributed by atoms with Gasteiger partial charge >= 0.3 is 0 Å². The molecular formula is C22H24ClFN6S. The number of nitrogens with one attached hydrogen (secondary N) is 1. The number of hydrogen-bond acceptors (Lipinski definition) is 6. The molecule has 2 saturated heterocycles. The molecule has 162 valence electrons. The van der Waals surface area contributed by atoms with Crippen molar-refractivity contribution in [2.45, 2.75) is 43.8 Å². The summed E-state index contributed by atoms with van der Waals surface area (Å²) in [5.41, 5.74) is 2.79. The first-order chi connectivity index (χ1) is 14.5. The molecule has 9 heteroatoms. The number of aryl methyl sites for hydroxylation is 1. The number of rotatable bonds is 3. The molecule has 0 saturated carbocycles. The van der Waals surface area contributed by atoms with Gasteiger partial charge in [0.25, 0.3) is 0 Å². The Kier molecular flexibility index (Phi) is 5.11. The van der Waals surface area contributed by atoms with Crippen molar-refractivity contribution in [3.63, 3.8) is 0 Å². The van der Waals surface area contributed by atoms with E-state index in [-0.39, 0.29) is 18.2 Å². The molecular weight excluding hydrogens is 435 g/mol. The second-order valence-electron chi connectivity index (χ2n) is 8.61. The lowest BCUT2D eigenvalue weighted by molar-refractivity contribution is 0.354. The highest BCUT2D eigenvalue weighted by Gasteiger charge is 2.35. The minimum atomic E-state index is -0.324. The van der Waals surface area contributed by atoms with Crippen molar-refractivity contribution < 1.29 is 4.39 Å². The molecule has 6 nitrogen and oxygen atoms in total. The Balaban J connectivity index is 0.00000204. The number of benzene rings is 1. The van der Waals surface area contributed by atoms with Crippen molar-refractivity contribution in [2.24, 2.45) is 7.05 Å². The average Bonchev–Trinajstić information content (AvgIpc) is 3.42. The van der Waals surface area contributed by atoms with E-state index in [9.17, 15) is 4.39 Å². The molecule has 4 aromatic rings. The van der Waals surface area contributed by atoms with Crippen LogP contribution in [0.2, 0.25) is 0 Å². The molecule has 0 spiro atoms. The Morgan fingerprint density at radius 3 is 2.74 bits per heavy atom. The zero-order chi connectivity index (χ0) is 20.4. The van der Waals surface area contributed by atoms with E-state index in [1.807, 2.05) is 18.3 Å². The Morgan fingerprint density at radius 2 is 1.97 bits per heavy atom. The maximum absolute atomic E-state index is 14.5. The number of anilines is 1. The first kappa shape index (κ1) is 20.6. The third-order valence-electron chi connectivity index (χ3n) is 6.53. The van der Waals surface area contributed by atoms with E-state index in [4.69, 9.17) is 4.98 Å². The van der Waals surface area contributed by atoms with Gasteiger partial charge in [-0.05, 0) is 43.9 Å². The van der Waals surface area contributed by atoms with Gasteiger partial charge in [0.1, 0.15) is 11.0 Å². The largest absolute Gasteiger partial charge is 0.348 e. The van der Waals surface area contributed by atoms with Crippen molar-refractivity contribution >= 4 is 50.0 Å². The van der Waals surface area contributed by atoms with Crippen molar-refractivity contribution in [1.29, 1.82) is 0 Å².